The van der Waals surface area contributed by atoms with Gasteiger partial charge in [0.05, 0.1) is 26.9 Å². The van der Waals surface area contributed by atoms with Crippen LogP contribution < -0.4 is 10.1 Å². The van der Waals surface area contributed by atoms with Crippen LogP contribution in [0.2, 0.25) is 0 Å². The average Bonchev–Trinajstić information content (AvgIpc) is 3.18. The number of hydrogen-bond acceptors (Lipinski definition) is 6. The van der Waals surface area contributed by atoms with Crippen molar-refractivity contribution in [1.82, 2.24) is 24.9 Å². The first-order valence-electron chi connectivity index (χ1n) is 11.1. The number of carbonyl (C=O) groups is 1. The van der Waals surface area contributed by atoms with Gasteiger partial charge >= 0.3 is 0 Å². The van der Waals surface area contributed by atoms with Crippen LogP contribution in [0.25, 0.3) is 10.9 Å². The number of nitrogens with one attached hydrogen (secondary N) is 1. The Labute approximate surface area is 177 Å². The lowest BCUT2D eigenvalue weighted by molar-refractivity contribution is 0.0361. The number of amides is 1. The van der Waals surface area contributed by atoms with Gasteiger partial charge in [-0.05, 0) is 37.9 Å². The second-order valence-corrected chi connectivity index (χ2v) is 8.60. The second-order valence-electron chi connectivity index (χ2n) is 8.60. The molecule has 0 spiro atoms. The van der Waals surface area contributed by atoms with E-state index in [1.807, 2.05) is 22.9 Å². The molecule has 5 heterocycles. The zero-order valence-corrected chi connectivity index (χ0v) is 17.7. The molecule has 0 unspecified atom stereocenters. The number of aromatic nitrogens is 2. The van der Waals surface area contributed by atoms with E-state index in [0.717, 1.165) is 69.1 Å². The first kappa shape index (κ1) is 19.8. The Balaban J connectivity index is 1.39. The normalized spacial score (nSPS) is 26.8. The molecule has 0 saturated carbocycles. The van der Waals surface area contributed by atoms with Gasteiger partial charge in [-0.25, -0.2) is 0 Å². The minimum Gasteiger partial charge on any atom is -0.494 e. The van der Waals surface area contributed by atoms with Crippen molar-refractivity contribution >= 4 is 16.8 Å². The highest BCUT2D eigenvalue weighted by Gasteiger charge is 2.35. The smallest absolute Gasteiger partial charge is 0.272 e. The lowest BCUT2D eigenvalue weighted by atomic mass is 9.84. The Morgan fingerprint density at radius 2 is 2.00 bits per heavy atom. The van der Waals surface area contributed by atoms with Gasteiger partial charge in [0.15, 0.2) is 5.69 Å². The Morgan fingerprint density at radius 3 is 2.70 bits per heavy atom. The van der Waals surface area contributed by atoms with Crippen LogP contribution in [0, 0.1) is 5.92 Å². The number of rotatable bonds is 6. The summed E-state index contributed by atoms with van der Waals surface area (Å²) in [7, 11) is 1.67. The van der Waals surface area contributed by atoms with E-state index in [0.29, 0.717) is 18.2 Å². The van der Waals surface area contributed by atoms with Crippen molar-refractivity contribution in [3.63, 3.8) is 0 Å². The quantitative estimate of drug-likeness (QED) is 0.767. The number of hydrogen-bond donors (Lipinski definition) is 1. The molecule has 1 atom stereocenters. The summed E-state index contributed by atoms with van der Waals surface area (Å²) in [4.78, 5) is 18.1. The average molecular weight is 414 g/mol. The van der Waals surface area contributed by atoms with Crippen LogP contribution in [0.5, 0.6) is 5.75 Å². The highest BCUT2D eigenvalue weighted by Crippen LogP contribution is 2.30. The number of carbonyl (C=O) groups excluding carboxylic acids is 1. The van der Waals surface area contributed by atoms with Gasteiger partial charge in [-0.15, -0.1) is 0 Å². The van der Waals surface area contributed by atoms with Crippen molar-refractivity contribution in [2.24, 2.45) is 5.92 Å². The molecule has 1 amide bonds. The first-order valence-corrected chi connectivity index (χ1v) is 11.1. The molecule has 4 aliphatic rings. The van der Waals surface area contributed by atoms with Gasteiger partial charge in [0.2, 0.25) is 0 Å². The summed E-state index contributed by atoms with van der Waals surface area (Å²) in [6, 6.07) is 6.06. The maximum Gasteiger partial charge on any atom is 0.272 e. The number of fused-ring (bicyclic) bond motifs is 4. The highest BCUT2D eigenvalue weighted by atomic mass is 16.5. The molecule has 4 fully saturated rings. The number of morpholine rings is 1. The van der Waals surface area contributed by atoms with Gasteiger partial charge in [-0.2, -0.15) is 5.10 Å². The van der Waals surface area contributed by atoms with Crippen molar-refractivity contribution in [1.29, 1.82) is 0 Å². The molecule has 2 aromatic rings. The van der Waals surface area contributed by atoms with Gasteiger partial charge < -0.3 is 19.7 Å². The maximum absolute atomic E-state index is 13.2. The monoisotopic (exact) mass is 413 g/mol. The summed E-state index contributed by atoms with van der Waals surface area (Å²) in [5, 5.41) is 8.91. The number of benzene rings is 1. The fourth-order valence-electron chi connectivity index (χ4n) is 5.12. The second kappa shape index (κ2) is 8.53. The fourth-order valence-corrected chi connectivity index (χ4v) is 5.12. The van der Waals surface area contributed by atoms with Crippen LogP contribution in [0.15, 0.2) is 18.2 Å². The molecule has 4 saturated heterocycles. The largest absolute Gasteiger partial charge is 0.494 e. The van der Waals surface area contributed by atoms with E-state index in [1.54, 1.807) is 7.11 Å². The van der Waals surface area contributed by atoms with Crippen molar-refractivity contribution < 1.29 is 14.3 Å². The third-order valence-electron chi connectivity index (χ3n) is 6.87. The molecular weight excluding hydrogens is 382 g/mol. The van der Waals surface area contributed by atoms with E-state index >= 15 is 0 Å². The van der Waals surface area contributed by atoms with Crippen LogP contribution >= 0.6 is 0 Å². The molecule has 30 heavy (non-hydrogen) atoms. The molecule has 1 N–H and O–H groups in total. The lowest BCUT2D eigenvalue weighted by Gasteiger charge is -2.44. The van der Waals surface area contributed by atoms with Gasteiger partial charge in [0.1, 0.15) is 11.3 Å². The number of piperidine rings is 3. The topological polar surface area (TPSA) is 71.9 Å². The zero-order valence-electron chi connectivity index (χ0n) is 17.7. The van der Waals surface area contributed by atoms with E-state index in [2.05, 4.69) is 15.1 Å². The highest BCUT2D eigenvalue weighted by molar-refractivity contribution is 6.06. The lowest BCUT2D eigenvalue weighted by Crippen LogP contribution is -2.57. The Kier molecular flexibility index (Phi) is 5.62. The van der Waals surface area contributed by atoms with Crippen LogP contribution in [0.3, 0.4) is 0 Å². The van der Waals surface area contributed by atoms with E-state index in [4.69, 9.17) is 14.6 Å². The molecule has 1 aromatic heterocycles. The third kappa shape index (κ3) is 3.79. The van der Waals surface area contributed by atoms with Crippen molar-refractivity contribution in [3.05, 3.63) is 23.9 Å². The van der Waals surface area contributed by atoms with Gasteiger partial charge in [-0.1, -0.05) is 12.1 Å². The van der Waals surface area contributed by atoms with E-state index in [-0.39, 0.29) is 11.9 Å². The number of methoxy groups -OCH3 is 1. The summed E-state index contributed by atoms with van der Waals surface area (Å²) in [5.74, 6) is 1.27. The molecule has 162 valence electrons. The Bertz CT molecular complexity index is 900. The summed E-state index contributed by atoms with van der Waals surface area (Å²) < 4.78 is 13.0. The molecule has 4 aliphatic heterocycles. The molecular formula is C22H31N5O3. The molecule has 1 aromatic carbocycles. The molecule has 0 aliphatic carbocycles. The number of para-hydroxylation sites is 1. The fraction of sp³-hybridized carbons (Fsp3) is 0.636. The standard InChI is InChI=1S/C22H31N5O3/c1-29-19-4-2-3-17-20(22(28)23-18-15-26-7-5-16(18)6-8-26)24-27(21(17)19)10-9-25-11-13-30-14-12-25/h2-4,16,18H,5-15H2,1H3,(H,23,28)/t18-/m0/s1. The maximum atomic E-state index is 13.2. The molecule has 8 nitrogen and oxygen atoms in total. The molecule has 6 rings (SSSR count). The van der Waals surface area contributed by atoms with Crippen molar-refractivity contribution in [3.8, 4) is 5.75 Å². The first-order chi connectivity index (χ1) is 14.7. The van der Waals surface area contributed by atoms with E-state index < -0.39 is 0 Å². The van der Waals surface area contributed by atoms with E-state index in [1.165, 1.54) is 12.8 Å². The molecule has 8 heteroatoms. The summed E-state index contributed by atoms with van der Waals surface area (Å²) in [6.07, 6.45) is 2.35. The van der Waals surface area contributed by atoms with Crippen LogP contribution in [0.4, 0.5) is 0 Å². The van der Waals surface area contributed by atoms with Crippen molar-refractivity contribution in [2.45, 2.75) is 25.4 Å². The summed E-state index contributed by atoms with van der Waals surface area (Å²) >= 11 is 0. The van der Waals surface area contributed by atoms with Crippen LogP contribution in [0.1, 0.15) is 23.3 Å². The Hall–Kier alpha value is -2.16. The summed E-state index contributed by atoms with van der Waals surface area (Å²) in [5.41, 5.74) is 1.40. The third-order valence-corrected chi connectivity index (χ3v) is 6.87. The van der Waals surface area contributed by atoms with Gasteiger partial charge in [0, 0.05) is 37.6 Å². The minimum atomic E-state index is -0.0721. The number of ether oxygens (including phenoxy) is 2. The summed E-state index contributed by atoms with van der Waals surface area (Å²) in [6.45, 7) is 8.28. The zero-order chi connectivity index (χ0) is 20.5. The van der Waals surface area contributed by atoms with Crippen LogP contribution in [-0.2, 0) is 11.3 Å². The SMILES string of the molecule is COc1cccc2c(C(=O)N[C@H]3CN4CCC3CC4)nn(CCN3CCOCC3)c12. The van der Waals surface area contributed by atoms with Crippen LogP contribution in [-0.4, -0.2) is 91.1 Å². The predicted molar refractivity (Wildman–Crippen MR) is 114 cm³/mol. The Morgan fingerprint density at radius 1 is 1.20 bits per heavy atom. The minimum absolute atomic E-state index is 0.0721. The van der Waals surface area contributed by atoms with Crippen molar-refractivity contribution in [2.75, 3.05) is 59.6 Å². The van der Waals surface area contributed by atoms with E-state index in [9.17, 15) is 4.79 Å². The predicted octanol–water partition coefficient (Wildman–Crippen LogP) is 1.20. The van der Waals surface area contributed by atoms with Gasteiger partial charge in [-0.3, -0.25) is 14.4 Å². The molecule has 0 radical (unpaired) electrons. The molecule has 2 bridgehead atoms. The van der Waals surface area contributed by atoms with Gasteiger partial charge in [0.25, 0.3) is 5.91 Å². The number of nitrogens with zero attached hydrogens (tertiary/aromatic N) is 4.